The number of halogens is 1. The fourth-order valence-corrected chi connectivity index (χ4v) is 3.10. The number of thiophene rings is 1. The number of benzene rings is 1. The SMILES string of the molecule is CS(=O)(=O)NCCc1ccc(C(=O)Nc2ccc(F)cc2)s1. The van der Waals surface area contributed by atoms with Crippen LogP contribution in [0.3, 0.4) is 0 Å². The number of rotatable bonds is 6. The molecule has 0 atom stereocenters. The van der Waals surface area contributed by atoms with Crippen LogP contribution in [0.25, 0.3) is 0 Å². The third-order valence-electron chi connectivity index (χ3n) is 2.72. The molecule has 2 aromatic rings. The summed E-state index contributed by atoms with van der Waals surface area (Å²) in [5.74, 6) is -0.645. The van der Waals surface area contributed by atoms with Gasteiger partial charge in [0.25, 0.3) is 5.91 Å². The van der Waals surface area contributed by atoms with E-state index in [1.807, 2.05) is 0 Å². The Balaban J connectivity index is 1.92. The summed E-state index contributed by atoms with van der Waals surface area (Å²) in [5, 5.41) is 2.67. The van der Waals surface area contributed by atoms with Crippen molar-refractivity contribution in [3.8, 4) is 0 Å². The summed E-state index contributed by atoms with van der Waals surface area (Å²) >= 11 is 1.29. The lowest BCUT2D eigenvalue weighted by Crippen LogP contribution is -2.24. The van der Waals surface area contributed by atoms with E-state index in [1.54, 1.807) is 12.1 Å². The zero-order chi connectivity index (χ0) is 16.2. The predicted octanol–water partition coefficient (Wildman–Crippen LogP) is 2.23. The Bertz CT molecular complexity index is 755. The zero-order valence-corrected chi connectivity index (χ0v) is 13.4. The number of carbonyl (C=O) groups excluding carboxylic acids is 1. The Morgan fingerprint density at radius 1 is 1.18 bits per heavy atom. The fourth-order valence-electron chi connectivity index (χ4n) is 1.72. The second-order valence-corrected chi connectivity index (χ2v) is 7.64. The van der Waals surface area contributed by atoms with Gasteiger partial charge in [0.05, 0.1) is 11.1 Å². The molecule has 0 aliphatic carbocycles. The van der Waals surface area contributed by atoms with Gasteiger partial charge >= 0.3 is 0 Å². The topological polar surface area (TPSA) is 75.3 Å². The largest absolute Gasteiger partial charge is 0.321 e. The van der Waals surface area contributed by atoms with Crippen LogP contribution in [0.15, 0.2) is 36.4 Å². The number of nitrogens with one attached hydrogen (secondary N) is 2. The Kier molecular flexibility index (Phi) is 5.28. The minimum Gasteiger partial charge on any atom is -0.321 e. The molecule has 0 radical (unpaired) electrons. The molecule has 0 saturated heterocycles. The molecule has 8 heteroatoms. The highest BCUT2D eigenvalue weighted by molar-refractivity contribution is 7.88. The lowest BCUT2D eigenvalue weighted by molar-refractivity contribution is 0.103. The number of hydrogen-bond acceptors (Lipinski definition) is 4. The van der Waals surface area contributed by atoms with Gasteiger partial charge in [-0.3, -0.25) is 4.79 Å². The van der Waals surface area contributed by atoms with Crippen LogP contribution >= 0.6 is 11.3 Å². The van der Waals surface area contributed by atoms with E-state index in [4.69, 9.17) is 0 Å². The van der Waals surface area contributed by atoms with Crippen molar-refractivity contribution in [1.29, 1.82) is 0 Å². The Morgan fingerprint density at radius 2 is 1.86 bits per heavy atom. The Hall–Kier alpha value is -1.77. The van der Waals surface area contributed by atoms with Gasteiger partial charge in [-0.15, -0.1) is 11.3 Å². The summed E-state index contributed by atoms with van der Waals surface area (Å²) in [6, 6.07) is 8.97. The molecule has 0 spiro atoms. The molecule has 1 aromatic heterocycles. The number of carbonyl (C=O) groups is 1. The first-order chi connectivity index (χ1) is 10.3. The van der Waals surface area contributed by atoms with Crippen molar-refractivity contribution >= 4 is 33.0 Å². The highest BCUT2D eigenvalue weighted by Gasteiger charge is 2.10. The summed E-state index contributed by atoms with van der Waals surface area (Å²) < 4.78 is 37.1. The van der Waals surface area contributed by atoms with Crippen molar-refractivity contribution in [3.05, 3.63) is 52.0 Å². The number of amides is 1. The molecule has 0 bridgehead atoms. The standard InChI is InChI=1S/C14H15FN2O3S2/c1-22(19,20)16-9-8-12-6-7-13(21-12)14(18)17-11-4-2-10(15)3-5-11/h2-7,16H,8-9H2,1H3,(H,17,18). The van der Waals surface area contributed by atoms with E-state index in [0.29, 0.717) is 23.5 Å². The molecule has 2 rings (SSSR count). The summed E-state index contributed by atoms with van der Waals surface area (Å²) in [7, 11) is -3.20. The van der Waals surface area contributed by atoms with E-state index in [9.17, 15) is 17.6 Å². The zero-order valence-electron chi connectivity index (χ0n) is 11.8. The summed E-state index contributed by atoms with van der Waals surface area (Å²) in [6.45, 7) is 0.290. The Labute approximate surface area is 132 Å². The average molecular weight is 342 g/mol. The van der Waals surface area contributed by atoms with E-state index in [1.165, 1.54) is 35.6 Å². The van der Waals surface area contributed by atoms with Gasteiger partial charge in [0, 0.05) is 17.1 Å². The molecule has 2 N–H and O–H groups in total. The predicted molar refractivity (Wildman–Crippen MR) is 85.2 cm³/mol. The van der Waals surface area contributed by atoms with Crippen LogP contribution in [0.1, 0.15) is 14.5 Å². The van der Waals surface area contributed by atoms with Gasteiger partial charge in [0.1, 0.15) is 5.82 Å². The second-order valence-electron chi connectivity index (χ2n) is 4.64. The first kappa shape index (κ1) is 16.6. The van der Waals surface area contributed by atoms with Crippen LogP contribution in [0, 0.1) is 5.82 Å². The van der Waals surface area contributed by atoms with Crippen LogP contribution in [0.5, 0.6) is 0 Å². The number of sulfonamides is 1. The first-order valence-electron chi connectivity index (χ1n) is 6.44. The van der Waals surface area contributed by atoms with E-state index >= 15 is 0 Å². The summed E-state index contributed by atoms with van der Waals surface area (Å²) in [6.07, 6.45) is 1.62. The van der Waals surface area contributed by atoms with Crippen molar-refractivity contribution in [2.75, 3.05) is 18.1 Å². The highest BCUT2D eigenvalue weighted by atomic mass is 32.2. The quantitative estimate of drug-likeness (QED) is 0.845. The summed E-state index contributed by atoms with van der Waals surface area (Å²) in [5.41, 5.74) is 0.514. The van der Waals surface area contributed by atoms with E-state index < -0.39 is 10.0 Å². The lowest BCUT2D eigenvalue weighted by atomic mass is 10.3. The maximum atomic E-state index is 12.8. The molecule has 1 heterocycles. The van der Waals surface area contributed by atoms with E-state index in [-0.39, 0.29) is 11.7 Å². The smallest absolute Gasteiger partial charge is 0.265 e. The maximum absolute atomic E-state index is 12.8. The van der Waals surface area contributed by atoms with Gasteiger partial charge in [-0.2, -0.15) is 0 Å². The molecule has 1 aromatic carbocycles. The molecule has 0 aliphatic heterocycles. The number of hydrogen-bond donors (Lipinski definition) is 2. The van der Waals surface area contributed by atoms with Crippen LogP contribution in [0.4, 0.5) is 10.1 Å². The third-order valence-corrected chi connectivity index (χ3v) is 4.60. The van der Waals surface area contributed by atoms with Gasteiger partial charge in [-0.25, -0.2) is 17.5 Å². The van der Waals surface area contributed by atoms with Gasteiger partial charge in [-0.05, 0) is 42.8 Å². The first-order valence-corrected chi connectivity index (χ1v) is 9.14. The van der Waals surface area contributed by atoms with Gasteiger partial charge in [0.2, 0.25) is 10.0 Å². The van der Waals surface area contributed by atoms with Crippen LogP contribution in [-0.4, -0.2) is 27.1 Å². The molecule has 0 unspecified atom stereocenters. The normalized spacial score (nSPS) is 11.4. The minimum atomic E-state index is -3.20. The molecule has 0 fully saturated rings. The summed E-state index contributed by atoms with van der Waals surface area (Å²) in [4.78, 5) is 13.5. The molecule has 0 aliphatic rings. The van der Waals surface area contributed by atoms with Gasteiger partial charge < -0.3 is 5.32 Å². The maximum Gasteiger partial charge on any atom is 0.265 e. The van der Waals surface area contributed by atoms with Crippen molar-refractivity contribution in [3.63, 3.8) is 0 Å². The van der Waals surface area contributed by atoms with Gasteiger partial charge in [0.15, 0.2) is 0 Å². The van der Waals surface area contributed by atoms with Crippen molar-refractivity contribution in [2.45, 2.75) is 6.42 Å². The third kappa shape index (κ3) is 5.21. The fraction of sp³-hybridized carbons (Fsp3) is 0.214. The molecular formula is C14H15FN2O3S2. The molecular weight excluding hydrogens is 327 g/mol. The van der Waals surface area contributed by atoms with Crippen molar-refractivity contribution in [1.82, 2.24) is 4.72 Å². The van der Waals surface area contributed by atoms with Crippen molar-refractivity contribution in [2.24, 2.45) is 0 Å². The number of anilines is 1. The molecule has 0 saturated carbocycles. The van der Waals surface area contributed by atoms with Gasteiger partial charge in [-0.1, -0.05) is 0 Å². The molecule has 118 valence electrons. The molecule has 1 amide bonds. The average Bonchev–Trinajstić information content (AvgIpc) is 2.89. The minimum absolute atomic E-state index is 0.279. The molecule has 5 nitrogen and oxygen atoms in total. The lowest BCUT2D eigenvalue weighted by Gasteiger charge is -2.03. The van der Waals surface area contributed by atoms with E-state index in [0.717, 1.165) is 11.1 Å². The van der Waals surface area contributed by atoms with Crippen LogP contribution in [-0.2, 0) is 16.4 Å². The van der Waals surface area contributed by atoms with E-state index in [2.05, 4.69) is 10.0 Å². The Morgan fingerprint density at radius 3 is 2.50 bits per heavy atom. The van der Waals surface area contributed by atoms with Crippen LogP contribution < -0.4 is 10.0 Å². The molecule has 22 heavy (non-hydrogen) atoms. The monoisotopic (exact) mass is 342 g/mol. The van der Waals surface area contributed by atoms with Crippen molar-refractivity contribution < 1.29 is 17.6 Å². The second kappa shape index (κ2) is 6.99. The van der Waals surface area contributed by atoms with Crippen LogP contribution in [0.2, 0.25) is 0 Å². The highest BCUT2D eigenvalue weighted by Crippen LogP contribution is 2.19.